The molecule has 0 amide bonds. The molecule has 1 unspecified atom stereocenters. The molecule has 0 aromatic rings. The highest BCUT2D eigenvalue weighted by Crippen LogP contribution is 2.18. The van der Waals surface area contributed by atoms with Gasteiger partial charge in [0, 0.05) is 19.3 Å². The van der Waals surface area contributed by atoms with E-state index in [0.29, 0.717) is 19.3 Å². The lowest BCUT2D eigenvalue weighted by Crippen LogP contribution is -2.30. The molecular weight excluding hydrogens is 973 g/mol. The zero-order valence-corrected chi connectivity index (χ0v) is 52.6. The number of ether oxygens (including phenoxy) is 3. The molecule has 0 radical (unpaired) electrons. The molecule has 0 aromatic carbocycles. The monoisotopic (exact) mass is 1100 g/mol. The van der Waals surface area contributed by atoms with Crippen molar-refractivity contribution in [1.82, 2.24) is 0 Å². The Kier molecular flexibility index (Phi) is 64.7. The largest absolute Gasteiger partial charge is 0.462 e. The molecule has 0 fully saturated rings. The van der Waals surface area contributed by atoms with Gasteiger partial charge in [0.25, 0.3) is 0 Å². The fourth-order valence-electron chi connectivity index (χ4n) is 10.1. The summed E-state index contributed by atoms with van der Waals surface area (Å²) in [5.74, 6) is -0.931. The van der Waals surface area contributed by atoms with Crippen molar-refractivity contribution in [3.8, 4) is 0 Å². The van der Waals surface area contributed by atoms with Crippen molar-refractivity contribution in [1.29, 1.82) is 0 Å². The van der Waals surface area contributed by atoms with Crippen LogP contribution in [0.5, 0.6) is 0 Å². The van der Waals surface area contributed by atoms with Crippen molar-refractivity contribution in [2.24, 2.45) is 0 Å². The average molecular weight is 1100 g/mol. The third-order valence-electron chi connectivity index (χ3n) is 15.2. The molecule has 0 rings (SSSR count). The number of unbranched alkanes of at least 4 members (excludes halogenated alkanes) is 40. The van der Waals surface area contributed by atoms with Crippen LogP contribution in [0.3, 0.4) is 0 Å². The molecule has 0 spiro atoms. The minimum absolute atomic E-state index is 0.0900. The second-order valence-corrected chi connectivity index (χ2v) is 23.1. The van der Waals surface area contributed by atoms with E-state index < -0.39 is 6.10 Å². The van der Waals surface area contributed by atoms with Crippen LogP contribution >= 0.6 is 0 Å². The van der Waals surface area contributed by atoms with Gasteiger partial charge < -0.3 is 14.2 Å². The van der Waals surface area contributed by atoms with Gasteiger partial charge in [0.2, 0.25) is 0 Å². The van der Waals surface area contributed by atoms with E-state index in [9.17, 15) is 14.4 Å². The lowest BCUT2D eigenvalue weighted by Gasteiger charge is -2.18. The summed E-state index contributed by atoms with van der Waals surface area (Å²) in [5, 5.41) is 0. The fourth-order valence-corrected chi connectivity index (χ4v) is 10.1. The molecular formula is C73H130O6. The van der Waals surface area contributed by atoms with E-state index in [-0.39, 0.29) is 37.5 Å². The highest BCUT2D eigenvalue weighted by atomic mass is 16.6. The first-order valence-electron chi connectivity index (χ1n) is 34.4. The van der Waals surface area contributed by atoms with Crippen LogP contribution < -0.4 is 0 Å². The molecule has 0 aliphatic carbocycles. The Bertz CT molecular complexity index is 1450. The minimum atomic E-state index is -0.799. The van der Waals surface area contributed by atoms with Crippen molar-refractivity contribution in [3.63, 3.8) is 0 Å². The molecule has 0 heterocycles. The molecule has 0 saturated heterocycles. The molecule has 1 atom stereocenters. The summed E-state index contributed by atoms with van der Waals surface area (Å²) in [4.78, 5) is 38.4. The Morgan fingerprint density at radius 2 is 0.506 bits per heavy atom. The minimum Gasteiger partial charge on any atom is -0.462 e. The summed E-state index contributed by atoms with van der Waals surface area (Å²) in [6.45, 7) is 6.54. The molecule has 6 heteroatoms. The first-order chi connectivity index (χ1) is 39.0. The maximum absolute atomic E-state index is 12.9. The zero-order valence-electron chi connectivity index (χ0n) is 52.6. The summed E-state index contributed by atoms with van der Waals surface area (Å²) in [7, 11) is 0. The number of hydrogen-bond donors (Lipinski definition) is 0. The number of rotatable bonds is 63. The van der Waals surface area contributed by atoms with Crippen LogP contribution in [0.4, 0.5) is 0 Å². The summed E-state index contributed by atoms with van der Waals surface area (Å²) < 4.78 is 16.9. The average Bonchev–Trinajstić information content (AvgIpc) is 3.45. The summed E-state index contributed by atoms with van der Waals surface area (Å²) in [6.07, 6.45) is 87.9. The number of carbonyl (C=O) groups is 3. The van der Waals surface area contributed by atoms with Crippen LogP contribution in [0.25, 0.3) is 0 Å². The lowest BCUT2D eigenvalue weighted by molar-refractivity contribution is -0.167. The van der Waals surface area contributed by atoms with Gasteiger partial charge in [-0.05, 0) is 83.5 Å². The van der Waals surface area contributed by atoms with Gasteiger partial charge in [0.1, 0.15) is 13.2 Å². The summed E-state index contributed by atoms with van der Waals surface area (Å²) in [5.41, 5.74) is 0. The Morgan fingerprint density at radius 1 is 0.266 bits per heavy atom. The Morgan fingerprint density at radius 3 is 0.835 bits per heavy atom. The first-order valence-corrected chi connectivity index (χ1v) is 34.4. The van der Waals surface area contributed by atoms with Gasteiger partial charge in [0.15, 0.2) is 6.10 Å². The summed E-state index contributed by atoms with van der Waals surface area (Å²) in [6, 6.07) is 0. The van der Waals surface area contributed by atoms with Crippen LogP contribution in [0.2, 0.25) is 0 Å². The zero-order chi connectivity index (χ0) is 57.1. The standard InChI is InChI=1S/C73H130O6/c1-4-7-10-13-16-19-22-25-28-31-33-35-36-38-39-42-45-48-51-54-57-60-63-66-72(75)78-69-70(68-77-71(74)65-62-59-56-53-50-47-44-41-30-27-24-21-18-15-12-9-6-3)79-73(76)67-64-61-58-55-52-49-46-43-40-37-34-32-29-26-23-20-17-14-11-8-5-2/h9,12,18,21,27,30-31,33,44,47,53,56,70H,4-8,10-11,13-17,19-20,22-26,28-29,32,34-43,45-46,48-52,54-55,57-69H2,1-3H3/b12-9-,21-18-,30-27-,33-31-,47-44-,56-53-. The highest BCUT2D eigenvalue weighted by molar-refractivity contribution is 5.71. The second kappa shape index (κ2) is 67.4. The van der Waals surface area contributed by atoms with Crippen molar-refractivity contribution in [3.05, 3.63) is 72.9 Å². The van der Waals surface area contributed by atoms with Crippen molar-refractivity contribution >= 4 is 17.9 Å². The molecule has 0 bridgehead atoms. The Balaban J connectivity index is 4.37. The lowest BCUT2D eigenvalue weighted by atomic mass is 10.0. The Labute approximate surface area is 491 Å². The van der Waals surface area contributed by atoms with Gasteiger partial charge in [-0.1, -0.05) is 325 Å². The Hall–Kier alpha value is -3.15. The quantitative estimate of drug-likeness (QED) is 0.0261. The van der Waals surface area contributed by atoms with Gasteiger partial charge in [-0.25, -0.2) is 0 Å². The van der Waals surface area contributed by atoms with Crippen molar-refractivity contribution in [2.45, 2.75) is 361 Å². The van der Waals surface area contributed by atoms with Gasteiger partial charge in [-0.2, -0.15) is 0 Å². The topological polar surface area (TPSA) is 78.9 Å². The smallest absolute Gasteiger partial charge is 0.306 e. The molecule has 458 valence electrons. The van der Waals surface area contributed by atoms with Crippen molar-refractivity contribution < 1.29 is 28.6 Å². The predicted octanol–water partition coefficient (Wildman–Crippen LogP) is 23.7. The third-order valence-corrected chi connectivity index (χ3v) is 15.2. The molecule has 0 aliphatic heterocycles. The van der Waals surface area contributed by atoms with E-state index in [0.717, 1.165) is 77.0 Å². The number of carbonyl (C=O) groups excluding carboxylic acids is 3. The van der Waals surface area contributed by atoms with Gasteiger partial charge in [-0.3, -0.25) is 14.4 Å². The maximum Gasteiger partial charge on any atom is 0.306 e. The van der Waals surface area contributed by atoms with Gasteiger partial charge >= 0.3 is 17.9 Å². The van der Waals surface area contributed by atoms with Crippen LogP contribution in [0, 0.1) is 0 Å². The molecule has 0 aromatic heterocycles. The highest BCUT2D eigenvalue weighted by Gasteiger charge is 2.19. The SMILES string of the molecule is CC/C=C\C/C=C\C/C=C\C/C=C\C/C=C\CCCC(=O)OCC(COC(=O)CCCCCCCCCCCCC/C=C\CCCCCCCCCC)OC(=O)CCCCCCCCCCCCCCCCCCCCCCC. The predicted molar refractivity (Wildman–Crippen MR) is 344 cm³/mol. The van der Waals surface area contributed by atoms with Crippen LogP contribution in [0.15, 0.2) is 72.9 Å². The van der Waals surface area contributed by atoms with Crippen LogP contribution in [0.1, 0.15) is 355 Å². The van der Waals surface area contributed by atoms with Crippen molar-refractivity contribution in [2.75, 3.05) is 13.2 Å². The third kappa shape index (κ3) is 65.5. The number of hydrogen-bond acceptors (Lipinski definition) is 6. The van der Waals surface area contributed by atoms with E-state index >= 15 is 0 Å². The molecule has 0 N–H and O–H groups in total. The first kappa shape index (κ1) is 75.8. The van der Waals surface area contributed by atoms with E-state index in [4.69, 9.17) is 14.2 Å². The maximum atomic E-state index is 12.9. The number of allylic oxidation sites excluding steroid dienone is 12. The molecule has 0 aliphatic rings. The van der Waals surface area contributed by atoms with E-state index in [1.54, 1.807) is 0 Å². The van der Waals surface area contributed by atoms with Crippen LogP contribution in [-0.2, 0) is 28.6 Å². The van der Waals surface area contributed by atoms with Gasteiger partial charge in [-0.15, -0.1) is 0 Å². The number of esters is 3. The fraction of sp³-hybridized carbons (Fsp3) is 0.795. The molecule has 0 saturated carbocycles. The normalized spacial score (nSPS) is 12.5. The second-order valence-electron chi connectivity index (χ2n) is 23.1. The van der Waals surface area contributed by atoms with E-state index in [1.807, 2.05) is 0 Å². The van der Waals surface area contributed by atoms with E-state index in [1.165, 1.54) is 231 Å². The van der Waals surface area contributed by atoms with E-state index in [2.05, 4.69) is 93.7 Å². The van der Waals surface area contributed by atoms with Crippen LogP contribution in [-0.4, -0.2) is 37.2 Å². The van der Waals surface area contributed by atoms with Gasteiger partial charge in [0.05, 0.1) is 0 Å². The molecule has 6 nitrogen and oxygen atoms in total. The summed E-state index contributed by atoms with van der Waals surface area (Å²) >= 11 is 0. The molecule has 79 heavy (non-hydrogen) atoms.